The summed E-state index contributed by atoms with van der Waals surface area (Å²) in [7, 11) is 0. The number of carboxylic acids is 1. The van der Waals surface area contributed by atoms with Gasteiger partial charge in [0.2, 0.25) is 0 Å². The highest BCUT2D eigenvalue weighted by Crippen LogP contribution is 2.29. The van der Waals surface area contributed by atoms with Crippen LogP contribution in [0, 0.1) is 0 Å². The average molecular weight is 328 g/mol. The maximum atomic E-state index is 11.3. The fourth-order valence-corrected chi connectivity index (χ4v) is 3.70. The van der Waals surface area contributed by atoms with Crippen molar-refractivity contribution >= 4 is 22.3 Å². The highest BCUT2D eigenvalue weighted by atomic mass is 32.1. The molecule has 0 bridgehead atoms. The summed E-state index contributed by atoms with van der Waals surface area (Å²) in [4.78, 5) is 17.0. The third-order valence-corrected chi connectivity index (χ3v) is 5.08. The molecule has 0 unspecified atom stereocenters. The van der Waals surface area contributed by atoms with Crippen LogP contribution in [0.1, 0.15) is 48.6 Å². The van der Waals surface area contributed by atoms with Gasteiger partial charge in [0.1, 0.15) is 4.88 Å². The number of nitrogens with zero attached hydrogens (tertiary/aromatic N) is 2. The van der Waals surface area contributed by atoms with Gasteiger partial charge >= 0.3 is 5.97 Å². The summed E-state index contributed by atoms with van der Waals surface area (Å²) in [5.74, 6) is -0.881. The van der Waals surface area contributed by atoms with Crippen molar-refractivity contribution in [2.24, 2.45) is 0 Å². The van der Waals surface area contributed by atoms with Gasteiger partial charge in [-0.1, -0.05) is 63.3 Å². The zero-order valence-corrected chi connectivity index (χ0v) is 14.6. The highest BCUT2D eigenvalue weighted by molar-refractivity contribution is 7.19. The Morgan fingerprint density at radius 1 is 1.26 bits per heavy atom. The second-order valence-corrected chi connectivity index (χ2v) is 7.62. The molecule has 2 aromatic heterocycles. The number of thiazole rings is 1. The fraction of sp³-hybridized carbons (Fsp3) is 0.333. The number of fused-ring (bicyclic) bond motifs is 1. The molecule has 1 aromatic carbocycles. The second-order valence-electron chi connectivity index (χ2n) is 6.64. The summed E-state index contributed by atoms with van der Waals surface area (Å²) >= 11 is 1.23. The zero-order valence-electron chi connectivity index (χ0n) is 13.8. The van der Waals surface area contributed by atoms with Gasteiger partial charge in [-0.15, -0.1) is 0 Å². The molecule has 0 aliphatic rings. The number of hydrogen-bond donors (Lipinski definition) is 1. The maximum absolute atomic E-state index is 11.3. The molecule has 0 saturated heterocycles. The molecule has 3 rings (SSSR count). The summed E-state index contributed by atoms with van der Waals surface area (Å²) in [6, 6.07) is 8.42. The van der Waals surface area contributed by atoms with Gasteiger partial charge in [0.25, 0.3) is 0 Å². The van der Waals surface area contributed by atoms with Crippen molar-refractivity contribution < 1.29 is 9.90 Å². The topological polar surface area (TPSA) is 54.6 Å². The molecular formula is C18H20N2O2S. The SMILES string of the molecule is CCc1c(C(=O)O)sc2nc(-c3ccc(C(C)(C)C)cc3)cn12. The van der Waals surface area contributed by atoms with Crippen LogP contribution in [0.4, 0.5) is 0 Å². The van der Waals surface area contributed by atoms with Gasteiger partial charge in [-0.05, 0) is 17.4 Å². The smallest absolute Gasteiger partial charge is 0.347 e. The van der Waals surface area contributed by atoms with Gasteiger partial charge in [0.15, 0.2) is 4.96 Å². The highest BCUT2D eigenvalue weighted by Gasteiger charge is 2.19. The van der Waals surface area contributed by atoms with Crippen LogP contribution in [0.15, 0.2) is 30.5 Å². The number of hydrogen-bond acceptors (Lipinski definition) is 3. The van der Waals surface area contributed by atoms with E-state index in [0.717, 1.165) is 21.9 Å². The van der Waals surface area contributed by atoms with Gasteiger partial charge in [-0.25, -0.2) is 9.78 Å². The van der Waals surface area contributed by atoms with Crippen LogP contribution in [0.5, 0.6) is 0 Å². The number of carbonyl (C=O) groups is 1. The van der Waals surface area contributed by atoms with E-state index in [4.69, 9.17) is 0 Å². The molecule has 0 atom stereocenters. The van der Waals surface area contributed by atoms with E-state index < -0.39 is 5.97 Å². The monoisotopic (exact) mass is 328 g/mol. The van der Waals surface area contributed by atoms with E-state index >= 15 is 0 Å². The van der Waals surface area contributed by atoms with Gasteiger partial charge in [0.05, 0.1) is 5.69 Å². The first-order valence-electron chi connectivity index (χ1n) is 7.66. The Hall–Kier alpha value is -2.14. The summed E-state index contributed by atoms with van der Waals surface area (Å²) in [5, 5.41) is 9.28. The summed E-state index contributed by atoms with van der Waals surface area (Å²) < 4.78 is 1.90. The summed E-state index contributed by atoms with van der Waals surface area (Å²) in [6.45, 7) is 8.53. The normalized spacial score (nSPS) is 12.0. The number of imidazole rings is 1. The number of aromatic nitrogens is 2. The van der Waals surface area contributed by atoms with E-state index in [2.05, 4.69) is 50.0 Å². The average Bonchev–Trinajstić information content (AvgIpc) is 3.03. The van der Waals surface area contributed by atoms with E-state index in [0.29, 0.717) is 11.3 Å². The van der Waals surface area contributed by atoms with E-state index in [1.807, 2.05) is 17.5 Å². The fourth-order valence-electron chi connectivity index (χ4n) is 2.67. The Kier molecular flexibility index (Phi) is 3.76. The first-order chi connectivity index (χ1) is 10.8. The van der Waals surface area contributed by atoms with Crippen LogP contribution >= 0.6 is 11.3 Å². The van der Waals surface area contributed by atoms with Crippen LogP contribution in [0.25, 0.3) is 16.2 Å². The lowest BCUT2D eigenvalue weighted by atomic mass is 9.86. The van der Waals surface area contributed by atoms with Gasteiger partial charge < -0.3 is 5.11 Å². The van der Waals surface area contributed by atoms with Crippen LogP contribution < -0.4 is 0 Å². The molecule has 0 spiro atoms. The lowest BCUT2D eigenvalue weighted by Crippen LogP contribution is -2.10. The molecule has 0 aliphatic heterocycles. The number of aromatic carboxylic acids is 1. The molecule has 0 saturated carbocycles. The lowest BCUT2D eigenvalue weighted by Gasteiger charge is -2.18. The first kappa shape index (κ1) is 15.7. The van der Waals surface area contributed by atoms with E-state index in [1.54, 1.807) is 0 Å². The van der Waals surface area contributed by atoms with E-state index in [1.165, 1.54) is 16.9 Å². The third kappa shape index (κ3) is 2.77. The Morgan fingerprint density at radius 2 is 1.91 bits per heavy atom. The van der Waals surface area contributed by atoms with Crippen molar-refractivity contribution in [1.29, 1.82) is 0 Å². The Balaban J connectivity index is 2.04. The molecule has 5 heteroatoms. The largest absolute Gasteiger partial charge is 0.477 e. The quantitative estimate of drug-likeness (QED) is 0.763. The van der Waals surface area contributed by atoms with Gasteiger partial charge in [-0.3, -0.25) is 4.40 Å². The predicted molar refractivity (Wildman–Crippen MR) is 93.5 cm³/mol. The first-order valence-corrected chi connectivity index (χ1v) is 8.48. The molecule has 0 amide bonds. The minimum atomic E-state index is -0.881. The molecule has 2 heterocycles. The summed E-state index contributed by atoms with van der Waals surface area (Å²) in [6.07, 6.45) is 2.60. The third-order valence-electron chi connectivity index (χ3n) is 4.00. The molecule has 0 fully saturated rings. The number of rotatable bonds is 3. The molecule has 0 aliphatic carbocycles. The minimum absolute atomic E-state index is 0.124. The van der Waals surface area contributed by atoms with Crippen molar-refractivity contribution in [2.75, 3.05) is 0 Å². The van der Waals surface area contributed by atoms with Crippen molar-refractivity contribution in [3.63, 3.8) is 0 Å². The molecule has 1 N–H and O–H groups in total. The molecule has 3 aromatic rings. The number of carboxylic acid groups (broad SMARTS) is 1. The Bertz CT molecular complexity index is 867. The van der Waals surface area contributed by atoms with Crippen LogP contribution in [0.2, 0.25) is 0 Å². The molecule has 0 radical (unpaired) electrons. The van der Waals surface area contributed by atoms with Crippen molar-refractivity contribution in [2.45, 2.75) is 39.5 Å². The Labute approximate surface area is 139 Å². The molecule has 120 valence electrons. The van der Waals surface area contributed by atoms with Crippen LogP contribution in [-0.4, -0.2) is 20.5 Å². The number of aryl methyl sites for hydroxylation is 1. The standard InChI is InChI=1S/C18H20N2O2S/c1-5-14-15(16(21)22)23-17-19-13(10-20(14)17)11-6-8-12(9-7-11)18(2,3)4/h6-10H,5H2,1-4H3,(H,21,22). The number of benzene rings is 1. The van der Waals surface area contributed by atoms with Crippen molar-refractivity contribution in [1.82, 2.24) is 9.38 Å². The van der Waals surface area contributed by atoms with Crippen molar-refractivity contribution in [3.8, 4) is 11.3 Å². The van der Waals surface area contributed by atoms with Crippen molar-refractivity contribution in [3.05, 3.63) is 46.6 Å². The van der Waals surface area contributed by atoms with Crippen LogP contribution in [-0.2, 0) is 11.8 Å². The molecule has 4 nitrogen and oxygen atoms in total. The molecule has 23 heavy (non-hydrogen) atoms. The zero-order chi connectivity index (χ0) is 16.8. The summed E-state index contributed by atoms with van der Waals surface area (Å²) in [5.41, 5.74) is 4.14. The predicted octanol–water partition coefficient (Wildman–Crippen LogP) is 4.62. The van der Waals surface area contributed by atoms with E-state index in [9.17, 15) is 9.90 Å². The second kappa shape index (κ2) is 5.49. The molecular weight excluding hydrogens is 308 g/mol. The Morgan fingerprint density at radius 3 is 2.43 bits per heavy atom. The van der Waals surface area contributed by atoms with Gasteiger partial charge in [-0.2, -0.15) is 0 Å². The van der Waals surface area contributed by atoms with E-state index in [-0.39, 0.29) is 5.41 Å². The van der Waals surface area contributed by atoms with Gasteiger partial charge in [0, 0.05) is 17.5 Å². The van der Waals surface area contributed by atoms with Crippen LogP contribution in [0.3, 0.4) is 0 Å². The minimum Gasteiger partial charge on any atom is -0.477 e. The lowest BCUT2D eigenvalue weighted by molar-refractivity contribution is 0.0700. The maximum Gasteiger partial charge on any atom is 0.347 e.